The van der Waals surface area contributed by atoms with Crippen LogP contribution >= 0.6 is 11.3 Å². The van der Waals surface area contributed by atoms with Crippen molar-refractivity contribution >= 4 is 34.4 Å². The number of aromatic amines is 1. The maximum Gasteiger partial charge on any atom is 0.256 e. The first-order valence-electron chi connectivity index (χ1n) is 7.62. The van der Waals surface area contributed by atoms with Crippen molar-refractivity contribution in [2.24, 2.45) is 0 Å². The molecule has 6 nitrogen and oxygen atoms in total. The molecule has 1 amide bonds. The summed E-state index contributed by atoms with van der Waals surface area (Å²) in [5, 5.41) is 11.8. The van der Waals surface area contributed by atoms with E-state index in [1.54, 1.807) is 28.3 Å². The second-order valence-corrected chi connectivity index (χ2v) is 6.50. The zero-order valence-corrected chi connectivity index (χ0v) is 14.3. The standard InChI is InChI=1S/C17H18N4O2S/c1-11(2)21-16-14(9-19-21)7-13(17(23)20-16)3-4-15(22)18-8-12-5-6-24-10-12/h3-7,9-11H,8H2,1-2H3,(H,18,22)(H,20,23)/b4-3+. The van der Waals surface area contributed by atoms with Gasteiger partial charge in [0.25, 0.3) is 5.56 Å². The molecule has 3 heterocycles. The predicted molar refractivity (Wildman–Crippen MR) is 95.9 cm³/mol. The van der Waals surface area contributed by atoms with Crippen molar-refractivity contribution in [1.29, 1.82) is 0 Å². The lowest BCUT2D eigenvalue weighted by Crippen LogP contribution is -2.20. The number of nitrogens with one attached hydrogen (secondary N) is 2. The second-order valence-electron chi connectivity index (χ2n) is 5.72. The van der Waals surface area contributed by atoms with Crippen molar-refractivity contribution in [3.05, 3.63) is 56.6 Å². The quantitative estimate of drug-likeness (QED) is 0.700. The van der Waals surface area contributed by atoms with E-state index >= 15 is 0 Å². The van der Waals surface area contributed by atoms with E-state index in [9.17, 15) is 9.59 Å². The predicted octanol–water partition coefficient (Wildman–Crippen LogP) is 2.70. The number of amides is 1. The third-order valence-corrected chi connectivity index (χ3v) is 4.31. The lowest BCUT2D eigenvalue weighted by Gasteiger charge is -2.06. The summed E-state index contributed by atoms with van der Waals surface area (Å²) in [6.07, 6.45) is 4.60. The van der Waals surface area contributed by atoms with Crippen LogP contribution in [0.1, 0.15) is 31.0 Å². The number of rotatable bonds is 5. The molecule has 3 rings (SSSR count). The van der Waals surface area contributed by atoms with Gasteiger partial charge in [0.05, 0.1) is 6.20 Å². The third-order valence-electron chi connectivity index (χ3n) is 3.58. The fourth-order valence-electron chi connectivity index (χ4n) is 2.35. The molecule has 7 heteroatoms. The summed E-state index contributed by atoms with van der Waals surface area (Å²) >= 11 is 1.59. The number of carbonyl (C=O) groups excluding carboxylic acids is 1. The molecule has 124 valence electrons. The highest BCUT2D eigenvalue weighted by atomic mass is 32.1. The summed E-state index contributed by atoms with van der Waals surface area (Å²) in [6, 6.07) is 3.85. The first kappa shape index (κ1) is 16.2. The van der Waals surface area contributed by atoms with Gasteiger partial charge in [-0.25, -0.2) is 4.68 Å². The topological polar surface area (TPSA) is 79.8 Å². The molecule has 0 aromatic carbocycles. The Bertz CT molecular complexity index is 935. The molecule has 3 aromatic heterocycles. The number of carbonyl (C=O) groups is 1. The highest BCUT2D eigenvalue weighted by Gasteiger charge is 2.09. The molecule has 3 aromatic rings. The van der Waals surface area contributed by atoms with Crippen molar-refractivity contribution in [1.82, 2.24) is 20.1 Å². The molecule has 0 aliphatic carbocycles. The van der Waals surface area contributed by atoms with E-state index in [-0.39, 0.29) is 17.5 Å². The van der Waals surface area contributed by atoms with Crippen molar-refractivity contribution in [3.63, 3.8) is 0 Å². The smallest absolute Gasteiger partial charge is 0.256 e. The van der Waals surface area contributed by atoms with Crippen molar-refractivity contribution in [2.45, 2.75) is 26.4 Å². The van der Waals surface area contributed by atoms with Gasteiger partial charge < -0.3 is 10.3 Å². The molecular weight excluding hydrogens is 324 g/mol. The minimum absolute atomic E-state index is 0.155. The van der Waals surface area contributed by atoms with E-state index < -0.39 is 0 Å². The van der Waals surface area contributed by atoms with E-state index in [0.717, 1.165) is 10.9 Å². The maximum atomic E-state index is 12.2. The summed E-state index contributed by atoms with van der Waals surface area (Å²) in [4.78, 5) is 26.9. The minimum atomic E-state index is -0.244. The Balaban J connectivity index is 1.75. The van der Waals surface area contributed by atoms with E-state index in [2.05, 4.69) is 15.4 Å². The van der Waals surface area contributed by atoms with Gasteiger partial charge in [-0.15, -0.1) is 0 Å². The summed E-state index contributed by atoms with van der Waals surface area (Å²) < 4.78 is 1.76. The zero-order chi connectivity index (χ0) is 17.1. The summed E-state index contributed by atoms with van der Waals surface area (Å²) in [6.45, 7) is 4.47. The Morgan fingerprint density at radius 2 is 2.33 bits per heavy atom. The Morgan fingerprint density at radius 3 is 3.04 bits per heavy atom. The molecule has 0 radical (unpaired) electrons. The molecular formula is C17H18N4O2S. The van der Waals surface area contributed by atoms with Crippen molar-refractivity contribution < 1.29 is 4.79 Å². The van der Waals surface area contributed by atoms with Crippen LogP contribution in [-0.2, 0) is 11.3 Å². The van der Waals surface area contributed by atoms with Gasteiger partial charge >= 0.3 is 0 Å². The largest absolute Gasteiger partial charge is 0.348 e. The molecule has 0 spiro atoms. The molecule has 0 aliphatic rings. The zero-order valence-electron chi connectivity index (χ0n) is 13.4. The Labute approximate surface area is 142 Å². The van der Waals surface area contributed by atoms with Crippen LogP contribution < -0.4 is 10.9 Å². The summed E-state index contributed by atoms with van der Waals surface area (Å²) in [5.41, 5.74) is 1.93. The fourth-order valence-corrected chi connectivity index (χ4v) is 3.01. The Kier molecular flexibility index (Phi) is 4.61. The molecule has 0 unspecified atom stereocenters. The molecule has 0 atom stereocenters. The molecule has 2 N–H and O–H groups in total. The normalized spacial score (nSPS) is 11.6. The lowest BCUT2D eigenvalue weighted by atomic mass is 10.2. The molecule has 24 heavy (non-hydrogen) atoms. The first-order chi connectivity index (χ1) is 11.5. The number of pyridine rings is 1. The highest BCUT2D eigenvalue weighted by molar-refractivity contribution is 7.07. The van der Waals surface area contributed by atoms with Gasteiger partial charge in [-0.3, -0.25) is 9.59 Å². The molecule has 0 saturated heterocycles. The molecule has 0 bridgehead atoms. The Morgan fingerprint density at radius 1 is 1.50 bits per heavy atom. The molecule has 0 fully saturated rings. The van der Waals surface area contributed by atoms with Gasteiger partial charge in [0, 0.05) is 29.6 Å². The van der Waals surface area contributed by atoms with Gasteiger partial charge in [0.15, 0.2) is 0 Å². The number of fused-ring (bicyclic) bond motifs is 1. The van der Waals surface area contributed by atoms with Crippen LogP contribution in [0.4, 0.5) is 0 Å². The molecule has 0 aliphatic heterocycles. The van der Waals surface area contributed by atoms with Crippen LogP contribution in [0.2, 0.25) is 0 Å². The van der Waals surface area contributed by atoms with Crippen molar-refractivity contribution in [2.75, 3.05) is 0 Å². The average Bonchev–Trinajstić information content (AvgIpc) is 3.19. The van der Waals surface area contributed by atoms with Gasteiger partial charge in [0.2, 0.25) is 5.91 Å². The lowest BCUT2D eigenvalue weighted by molar-refractivity contribution is -0.116. The van der Waals surface area contributed by atoms with Crippen LogP contribution in [0, 0.1) is 0 Å². The summed E-state index contributed by atoms with van der Waals surface area (Å²) in [5.74, 6) is -0.237. The monoisotopic (exact) mass is 342 g/mol. The van der Waals surface area contributed by atoms with Gasteiger partial charge in [-0.1, -0.05) is 0 Å². The third kappa shape index (κ3) is 3.46. The van der Waals surface area contributed by atoms with Crippen LogP contribution in [0.3, 0.4) is 0 Å². The van der Waals surface area contributed by atoms with Crippen LogP contribution in [0.15, 0.2) is 40.0 Å². The first-order valence-corrected chi connectivity index (χ1v) is 8.56. The molecule has 0 saturated carbocycles. The summed E-state index contributed by atoms with van der Waals surface area (Å²) in [7, 11) is 0. The van der Waals surface area contributed by atoms with E-state index in [4.69, 9.17) is 0 Å². The van der Waals surface area contributed by atoms with Gasteiger partial charge in [-0.2, -0.15) is 16.4 Å². The van der Waals surface area contributed by atoms with Gasteiger partial charge in [-0.05, 0) is 48.4 Å². The fraction of sp³-hybridized carbons (Fsp3) is 0.235. The van der Waals surface area contributed by atoms with E-state index in [1.807, 2.05) is 30.7 Å². The SMILES string of the molecule is CC(C)n1ncc2cc(/C=C/C(=O)NCc3ccsc3)c(=O)[nH]c21. The number of thiophene rings is 1. The van der Waals surface area contributed by atoms with Gasteiger partial charge in [0.1, 0.15) is 5.65 Å². The second kappa shape index (κ2) is 6.84. The number of H-pyrrole nitrogens is 1. The Hall–Kier alpha value is -2.67. The number of nitrogens with zero attached hydrogens (tertiary/aromatic N) is 2. The van der Waals surface area contributed by atoms with Crippen LogP contribution in [-0.4, -0.2) is 20.7 Å². The average molecular weight is 342 g/mol. The minimum Gasteiger partial charge on any atom is -0.348 e. The maximum absolute atomic E-state index is 12.2. The van der Waals surface area contributed by atoms with Crippen LogP contribution in [0.5, 0.6) is 0 Å². The van der Waals surface area contributed by atoms with E-state index in [1.165, 1.54) is 12.2 Å². The van der Waals surface area contributed by atoms with Crippen molar-refractivity contribution in [3.8, 4) is 0 Å². The highest BCUT2D eigenvalue weighted by Crippen LogP contribution is 2.15. The van der Waals surface area contributed by atoms with E-state index in [0.29, 0.717) is 17.8 Å². The van der Waals surface area contributed by atoms with Crippen LogP contribution in [0.25, 0.3) is 17.1 Å². The number of hydrogen-bond acceptors (Lipinski definition) is 4. The number of hydrogen-bond donors (Lipinski definition) is 2. The number of aromatic nitrogens is 3.